The number of rotatable bonds is 5. The van der Waals surface area contributed by atoms with Gasteiger partial charge < -0.3 is 9.84 Å². The molecule has 0 aliphatic heterocycles. The van der Waals surface area contributed by atoms with Crippen molar-refractivity contribution in [3.05, 3.63) is 23.8 Å². The van der Waals surface area contributed by atoms with Gasteiger partial charge in [0.15, 0.2) is 0 Å². The number of benzene rings is 1. The van der Waals surface area contributed by atoms with Gasteiger partial charge in [-0.25, -0.2) is 0 Å². The Morgan fingerprint density at radius 2 is 2.21 bits per heavy atom. The van der Waals surface area contributed by atoms with Gasteiger partial charge >= 0.3 is 0 Å². The van der Waals surface area contributed by atoms with Gasteiger partial charge in [-0.05, 0) is 24.1 Å². The van der Waals surface area contributed by atoms with Crippen molar-refractivity contribution >= 4 is 11.8 Å². The van der Waals surface area contributed by atoms with E-state index >= 15 is 0 Å². The summed E-state index contributed by atoms with van der Waals surface area (Å²) >= 11 is 1.63. The average Bonchev–Trinajstić information content (AvgIpc) is 2.25. The van der Waals surface area contributed by atoms with Gasteiger partial charge in [-0.1, -0.05) is 13.0 Å². The fourth-order valence-electron chi connectivity index (χ4n) is 1.21. The maximum atomic E-state index is 8.76. The average molecular weight is 212 g/mol. The minimum Gasteiger partial charge on any atom is -0.496 e. The Kier molecular flexibility index (Phi) is 4.84. The second-order valence-corrected chi connectivity index (χ2v) is 4.05. The van der Waals surface area contributed by atoms with E-state index in [2.05, 4.69) is 19.1 Å². The van der Waals surface area contributed by atoms with Crippen molar-refractivity contribution in [2.45, 2.75) is 18.2 Å². The minimum atomic E-state index is 0.199. The first-order chi connectivity index (χ1) is 6.81. The van der Waals surface area contributed by atoms with Crippen LogP contribution in [0.3, 0.4) is 0 Å². The zero-order valence-corrected chi connectivity index (χ0v) is 9.43. The molecule has 0 unspecified atom stereocenters. The highest BCUT2D eigenvalue weighted by Gasteiger charge is 2.03. The second kappa shape index (κ2) is 5.94. The van der Waals surface area contributed by atoms with E-state index in [0.29, 0.717) is 5.75 Å². The van der Waals surface area contributed by atoms with Crippen molar-refractivity contribution in [2.75, 3.05) is 19.5 Å². The third kappa shape index (κ3) is 2.93. The summed E-state index contributed by atoms with van der Waals surface area (Å²) < 4.78 is 5.24. The summed E-state index contributed by atoms with van der Waals surface area (Å²) in [5.41, 5.74) is 1.30. The number of hydrogen-bond donors (Lipinski definition) is 1. The van der Waals surface area contributed by atoms with E-state index in [4.69, 9.17) is 9.84 Å². The molecule has 78 valence electrons. The molecule has 0 radical (unpaired) electrons. The van der Waals surface area contributed by atoms with Crippen LogP contribution in [0.1, 0.15) is 12.5 Å². The van der Waals surface area contributed by atoms with Crippen LogP contribution < -0.4 is 4.74 Å². The van der Waals surface area contributed by atoms with E-state index in [1.165, 1.54) is 5.56 Å². The molecule has 2 nitrogen and oxygen atoms in total. The SMILES string of the molecule is CCc1ccc(OC)c(SCCO)c1. The van der Waals surface area contributed by atoms with Crippen LogP contribution in [0.5, 0.6) is 5.75 Å². The molecule has 0 heterocycles. The quantitative estimate of drug-likeness (QED) is 0.760. The van der Waals surface area contributed by atoms with E-state index in [1.807, 2.05) is 6.07 Å². The largest absolute Gasteiger partial charge is 0.496 e. The molecule has 14 heavy (non-hydrogen) atoms. The summed E-state index contributed by atoms with van der Waals surface area (Å²) in [6.45, 7) is 2.33. The summed E-state index contributed by atoms with van der Waals surface area (Å²) in [4.78, 5) is 1.11. The second-order valence-electron chi connectivity index (χ2n) is 2.91. The summed E-state index contributed by atoms with van der Waals surface area (Å²) in [7, 11) is 1.67. The molecular weight excluding hydrogens is 196 g/mol. The Balaban J connectivity index is 2.84. The van der Waals surface area contributed by atoms with Gasteiger partial charge in [-0.3, -0.25) is 0 Å². The van der Waals surface area contributed by atoms with Gasteiger partial charge in [0.2, 0.25) is 0 Å². The fourth-order valence-corrected chi connectivity index (χ4v) is 2.05. The predicted octanol–water partition coefficient (Wildman–Crippen LogP) is 2.34. The molecule has 1 aromatic rings. The van der Waals surface area contributed by atoms with Crippen molar-refractivity contribution in [1.82, 2.24) is 0 Å². The molecule has 0 saturated heterocycles. The number of ether oxygens (including phenoxy) is 1. The van der Waals surface area contributed by atoms with Gasteiger partial charge in [0.25, 0.3) is 0 Å². The third-order valence-electron chi connectivity index (χ3n) is 1.99. The maximum Gasteiger partial charge on any atom is 0.132 e. The molecule has 0 aliphatic rings. The minimum absolute atomic E-state index is 0.199. The number of methoxy groups -OCH3 is 1. The first-order valence-corrected chi connectivity index (χ1v) is 5.71. The lowest BCUT2D eigenvalue weighted by atomic mass is 10.2. The van der Waals surface area contributed by atoms with E-state index < -0.39 is 0 Å². The van der Waals surface area contributed by atoms with Crippen LogP contribution in [0, 0.1) is 0 Å². The number of aliphatic hydroxyl groups is 1. The summed E-state index contributed by atoms with van der Waals surface area (Å²) in [5.74, 6) is 1.60. The topological polar surface area (TPSA) is 29.5 Å². The van der Waals surface area contributed by atoms with Crippen molar-refractivity contribution in [3.63, 3.8) is 0 Å². The normalized spacial score (nSPS) is 10.2. The van der Waals surface area contributed by atoms with E-state index in [1.54, 1.807) is 18.9 Å². The molecule has 0 spiro atoms. The zero-order valence-electron chi connectivity index (χ0n) is 8.62. The maximum absolute atomic E-state index is 8.76. The standard InChI is InChI=1S/C11H16O2S/c1-3-9-4-5-10(13-2)11(8-9)14-7-6-12/h4-5,8,12H,3,6-7H2,1-2H3. The molecule has 0 saturated carbocycles. The molecule has 0 bridgehead atoms. The molecule has 0 aliphatic carbocycles. The number of aliphatic hydroxyl groups excluding tert-OH is 1. The van der Waals surface area contributed by atoms with Gasteiger partial charge in [0.05, 0.1) is 13.7 Å². The fraction of sp³-hybridized carbons (Fsp3) is 0.455. The van der Waals surface area contributed by atoms with Crippen LogP contribution in [0.4, 0.5) is 0 Å². The summed E-state index contributed by atoms with van der Waals surface area (Å²) in [5, 5.41) is 8.76. The first-order valence-electron chi connectivity index (χ1n) is 4.72. The Morgan fingerprint density at radius 1 is 1.43 bits per heavy atom. The zero-order chi connectivity index (χ0) is 10.4. The van der Waals surface area contributed by atoms with Gasteiger partial charge in [0.1, 0.15) is 5.75 Å². The van der Waals surface area contributed by atoms with Gasteiger partial charge in [-0.2, -0.15) is 0 Å². The van der Waals surface area contributed by atoms with Crippen molar-refractivity contribution in [1.29, 1.82) is 0 Å². The Morgan fingerprint density at radius 3 is 2.79 bits per heavy atom. The molecule has 0 fully saturated rings. The van der Waals surface area contributed by atoms with Crippen LogP contribution in [0.25, 0.3) is 0 Å². The van der Waals surface area contributed by atoms with Gasteiger partial charge in [-0.15, -0.1) is 11.8 Å². The lowest BCUT2D eigenvalue weighted by molar-refractivity contribution is 0.322. The van der Waals surface area contributed by atoms with E-state index in [9.17, 15) is 0 Å². The first kappa shape index (κ1) is 11.4. The van der Waals surface area contributed by atoms with Gasteiger partial charge in [0, 0.05) is 10.6 Å². The number of thioether (sulfide) groups is 1. The predicted molar refractivity (Wildman–Crippen MR) is 60.2 cm³/mol. The van der Waals surface area contributed by atoms with Crippen LogP contribution >= 0.6 is 11.8 Å². The van der Waals surface area contributed by atoms with Crippen LogP contribution in [-0.2, 0) is 6.42 Å². The van der Waals surface area contributed by atoms with Crippen molar-refractivity contribution in [2.24, 2.45) is 0 Å². The monoisotopic (exact) mass is 212 g/mol. The molecule has 1 aromatic carbocycles. The van der Waals surface area contributed by atoms with Crippen LogP contribution in [0.15, 0.2) is 23.1 Å². The van der Waals surface area contributed by atoms with Crippen LogP contribution in [0.2, 0.25) is 0 Å². The molecule has 0 atom stereocenters. The molecule has 1 rings (SSSR count). The Labute approximate surface area is 89.3 Å². The lowest BCUT2D eigenvalue weighted by Crippen LogP contribution is -1.91. The number of aryl methyl sites for hydroxylation is 1. The van der Waals surface area contributed by atoms with Crippen LogP contribution in [-0.4, -0.2) is 24.6 Å². The molecule has 0 aromatic heterocycles. The lowest BCUT2D eigenvalue weighted by Gasteiger charge is -2.08. The number of hydrogen-bond acceptors (Lipinski definition) is 3. The highest BCUT2D eigenvalue weighted by molar-refractivity contribution is 7.99. The summed E-state index contributed by atoms with van der Waals surface area (Å²) in [6, 6.07) is 6.18. The van der Waals surface area contributed by atoms with Crippen molar-refractivity contribution < 1.29 is 9.84 Å². The molecule has 1 N–H and O–H groups in total. The van der Waals surface area contributed by atoms with E-state index in [-0.39, 0.29) is 6.61 Å². The molecule has 3 heteroatoms. The third-order valence-corrected chi connectivity index (χ3v) is 3.00. The Bertz CT molecular complexity index is 287. The van der Waals surface area contributed by atoms with Crippen molar-refractivity contribution in [3.8, 4) is 5.75 Å². The summed E-state index contributed by atoms with van der Waals surface area (Å²) in [6.07, 6.45) is 1.02. The highest BCUT2D eigenvalue weighted by Crippen LogP contribution is 2.30. The smallest absolute Gasteiger partial charge is 0.132 e. The molecular formula is C11H16O2S. The van der Waals surface area contributed by atoms with E-state index in [0.717, 1.165) is 17.1 Å². The Hall–Kier alpha value is -0.670. The highest BCUT2D eigenvalue weighted by atomic mass is 32.2. The molecule has 0 amide bonds.